The third kappa shape index (κ3) is 11.5. The van der Waals surface area contributed by atoms with Crippen molar-refractivity contribution in [3.8, 4) is 0 Å². The Morgan fingerprint density at radius 1 is 1.07 bits per heavy atom. The molecule has 5 heteroatoms. The molecule has 0 aromatic heterocycles. The van der Waals surface area contributed by atoms with Crippen LogP contribution in [0.2, 0.25) is 0 Å². The van der Waals surface area contributed by atoms with Crippen LogP contribution in [0.25, 0.3) is 0 Å². The Kier molecular flexibility index (Phi) is 10.2. The molecule has 0 spiro atoms. The molecule has 0 unspecified atom stereocenters. The number of rotatable bonds is 10. The third-order valence-corrected chi connectivity index (χ3v) is 1.31. The molecule has 0 amide bonds. The normalized spacial score (nSPS) is 10.4. The summed E-state index contributed by atoms with van der Waals surface area (Å²) in [4.78, 5) is 10.5. The van der Waals surface area contributed by atoms with Crippen LogP contribution in [0.15, 0.2) is 0 Å². The fourth-order valence-electron chi connectivity index (χ4n) is 0.739. The van der Waals surface area contributed by atoms with Gasteiger partial charge in [-0.15, -0.1) is 0 Å². The van der Waals surface area contributed by atoms with E-state index in [1.165, 1.54) is 6.92 Å². The molecule has 0 bridgehead atoms. The van der Waals surface area contributed by atoms with Gasteiger partial charge in [-0.3, -0.25) is 4.79 Å². The van der Waals surface area contributed by atoms with Crippen molar-refractivity contribution in [2.75, 3.05) is 46.2 Å². The van der Waals surface area contributed by atoms with Crippen LogP contribution in [0.3, 0.4) is 0 Å². The summed E-state index contributed by atoms with van der Waals surface area (Å²) in [7, 11) is 0. The van der Waals surface area contributed by atoms with Crippen molar-refractivity contribution in [2.45, 2.75) is 6.92 Å². The Hall–Kier alpha value is -0.490. The molecule has 5 nitrogen and oxygen atoms in total. The Bertz CT molecular complexity index is 146. The predicted octanol–water partition coefficient (Wildman–Crippen LogP) is -0.170. The summed E-state index contributed by atoms with van der Waals surface area (Å²) in [5, 5.41) is 0. The molecule has 0 aromatic rings. The molecule has 0 aliphatic carbocycles. The number of carbonyl (C=O) groups excluding carboxylic acids is 1. The van der Waals surface area contributed by atoms with Gasteiger partial charge in [0.1, 0.15) is 6.61 Å². The third-order valence-electron chi connectivity index (χ3n) is 1.31. The largest absolute Gasteiger partial charge is 0.378 e. The Morgan fingerprint density at radius 2 is 1.57 bits per heavy atom. The van der Waals surface area contributed by atoms with Crippen LogP contribution in [0.1, 0.15) is 8.35 Å². The highest BCUT2D eigenvalue weighted by Crippen LogP contribution is 1.81. The van der Waals surface area contributed by atoms with E-state index in [0.717, 1.165) is 0 Å². The standard InChI is InChI=1S/C9H19NO4.H2/c1-9(11)8-14-7-6-13-5-4-12-3-2-10;/h2-8,10H2,1H3;1H. The second-order valence-electron chi connectivity index (χ2n) is 2.77. The van der Waals surface area contributed by atoms with Crippen LogP contribution in [0.5, 0.6) is 0 Å². The number of nitrogens with two attached hydrogens (primary N) is 1. The molecule has 0 aliphatic rings. The summed E-state index contributed by atoms with van der Waals surface area (Å²) < 4.78 is 15.2. The number of hydrogen-bond donors (Lipinski definition) is 1. The lowest BCUT2D eigenvalue weighted by Crippen LogP contribution is -2.14. The average Bonchev–Trinajstić information content (AvgIpc) is 2.15. The molecule has 0 saturated carbocycles. The first kappa shape index (κ1) is 13.5. The fourth-order valence-corrected chi connectivity index (χ4v) is 0.739. The van der Waals surface area contributed by atoms with E-state index in [4.69, 9.17) is 19.9 Å². The predicted molar refractivity (Wildman–Crippen MR) is 54.3 cm³/mol. The monoisotopic (exact) mass is 207 g/mol. The molecule has 0 atom stereocenters. The second-order valence-corrected chi connectivity index (χ2v) is 2.77. The number of carbonyl (C=O) groups is 1. The zero-order valence-corrected chi connectivity index (χ0v) is 8.66. The maximum absolute atomic E-state index is 10.5. The van der Waals surface area contributed by atoms with E-state index in [2.05, 4.69) is 0 Å². The van der Waals surface area contributed by atoms with Crippen molar-refractivity contribution in [2.24, 2.45) is 5.73 Å². The molecule has 0 aliphatic heterocycles. The number of hydrogen-bond acceptors (Lipinski definition) is 5. The van der Waals surface area contributed by atoms with Gasteiger partial charge in [0.2, 0.25) is 0 Å². The van der Waals surface area contributed by atoms with Gasteiger partial charge >= 0.3 is 0 Å². The van der Waals surface area contributed by atoms with Gasteiger partial charge < -0.3 is 19.9 Å². The molecule has 86 valence electrons. The van der Waals surface area contributed by atoms with E-state index < -0.39 is 0 Å². The first-order chi connectivity index (χ1) is 6.77. The van der Waals surface area contributed by atoms with Gasteiger partial charge in [0, 0.05) is 7.97 Å². The van der Waals surface area contributed by atoms with Crippen molar-refractivity contribution in [3.05, 3.63) is 0 Å². The Labute approximate surface area is 86.0 Å². The molecule has 0 saturated heterocycles. The van der Waals surface area contributed by atoms with Gasteiger partial charge in [0.25, 0.3) is 0 Å². The highest BCUT2D eigenvalue weighted by atomic mass is 16.5. The number of Topliss-reactive ketones (excluding diaryl/α,β-unsaturated/α-hetero) is 1. The molecule has 0 rings (SSSR count). The molecular weight excluding hydrogens is 186 g/mol. The highest BCUT2D eigenvalue weighted by Gasteiger charge is 1.93. The quantitative estimate of drug-likeness (QED) is 0.504. The molecular formula is C9H21NO4. The van der Waals surface area contributed by atoms with Crippen LogP contribution in [0, 0.1) is 0 Å². The second kappa shape index (κ2) is 10.6. The van der Waals surface area contributed by atoms with Crippen LogP contribution >= 0.6 is 0 Å². The smallest absolute Gasteiger partial charge is 0.155 e. The average molecular weight is 207 g/mol. The van der Waals surface area contributed by atoms with Crippen LogP contribution < -0.4 is 5.73 Å². The van der Waals surface area contributed by atoms with E-state index in [1.807, 2.05) is 0 Å². The Balaban J connectivity index is 0. The molecule has 2 N–H and O–H groups in total. The van der Waals surface area contributed by atoms with Crippen molar-refractivity contribution in [1.82, 2.24) is 0 Å². The van der Waals surface area contributed by atoms with Crippen molar-refractivity contribution in [3.63, 3.8) is 0 Å². The molecule has 0 fully saturated rings. The minimum atomic E-state index is 0. The zero-order chi connectivity index (χ0) is 10.6. The van der Waals surface area contributed by atoms with Crippen LogP contribution in [-0.2, 0) is 19.0 Å². The fraction of sp³-hybridized carbons (Fsp3) is 0.889. The summed E-state index contributed by atoms with van der Waals surface area (Å²) >= 11 is 0. The maximum Gasteiger partial charge on any atom is 0.155 e. The molecule has 0 radical (unpaired) electrons. The van der Waals surface area contributed by atoms with Gasteiger partial charge in [-0.05, 0) is 6.92 Å². The minimum Gasteiger partial charge on any atom is -0.378 e. The molecule has 0 aromatic carbocycles. The summed E-state index contributed by atoms with van der Waals surface area (Å²) in [5.41, 5.74) is 5.22. The lowest BCUT2D eigenvalue weighted by molar-refractivity contribution is -0.122. The van der Waals surface area contributed by atoms with Gasteiger partial charge in [0.05, 0.1) is 33.0 Å². The zero-order valence-electron chi connectivity index (χ0n) is 8.66. The van der Waals surface area contributed by atoms with E-state index >= 15 is 0 Å². The first-order valence-electron chi connectivity index (χ1n) is 4.70. The summed E-state index contributed by atoms with van der Waals surface area (Å²) in [6.45, 7) is 4.74. The van der Waals surface area contributed by atoms with Gasteiger partial charge in [-0.1, -0.05) is 0 Å². The summed E-state index contributed by atoms with van der Waals surface area (Å²) in [6, 6.07) is 0. The summed E-state index contributed by atoms with van der Waals surface area (Å²) in [5.74, 6) is 0.0243. The SMILES string of the molecule is CC(=O)COCCOCCOCCN.[HH]. The number of ether oxygens (including phenoxy) is 3. The highest BCUT2D eigenvalue weighted by molar-refractivity contribution is 5.76. The van der Waals surface area contributed by atoms with Crippen molar-refractivity contribution < 1.29 is 20.4 Å². The van der Waals surface area contributed by atoms with E-state index in [1.54, 1.807) is 0 Å². The van der Waals surface area contributed by atoms with Crippen molar-refractivity contribution >= 4 is 5.78 Å². The maximum atomic E-state index is 10.5. The summed E-state index contributed by atoms with van der Waals surface area (Å²) in [6.07, 6.45) is 0. The van der Waals surface area contributed by atoms with Gasteiger partial charge in [0.15, 0.2) is 5.78 Å². The number of ketones is 1. The van der Waals surface area contributed by atoms with E-state index in [0.29, 0.717) is 39.6 Å². The van der Waals surface area contributed by atoms with Crippen LogP contribution in [0.4, 0.5) is 0 Å². The topological polar surface area (TPSA) is 70.8 Å². The van der Waals surface area contributed by atoms with Gasteiger partial charge in [-0.25, -0.2) is 0 Å². The van der Waals surface area contributed by atoms with E-state index in [-0.39, 0.29) is 13.8 Å². The Morgan fingerprint density at radius 3 is 2.07 bits per heavy atom. The lowest BCUT2D eigenvalue weighted by atomic mass is 10.5. The van der Waals surface area contributed by atoms with Crippen LogP contribution in [-0.4, -0.2) is 52.0 Å². The minimum absolute atomic E-state index is 0. The van der Waals surface area contributed by atoms with Gasteiger partial charge in [-0.2, -0.15) is 0 Å². The van der Waals surface area contributed by atoms with E-state index in [9.17, 15) is 4.79 Å². The lowest BCUT2D eigenvalue weighted by Gasteiger charge is -2.04. The molecule has 0 heterocycles. The van der Waals surface area contributed by atoms with Crippen molar-refractivity contribution in [1.29, 1.82) is 0 Å². The first-order valence-corrected chi connectivity index (χ1v) is 4.70. The molecule has 14 heavy (non-hydrogen) atoms.